The third-order valence-electron chi connectivity index (χ3n) is 5.20. The monoisotopic (exact) mass is 385 g/mol. The molecule has 0 atom stereocenters. The summed E-state index contributed by atoms with van der Waals surface area (Å²) in [5.74, 6) is -0.539. The maximum Gasteiger partial charge on any atom is 0.255 e. The standard InChI is InChI=1S/C19H25Cl2NO3/c1-18(2)11-24-19(25-12-18)8-6-14(7-9-19)22(3)17(23)15-5-4-13(20)10-16(15)21/h4-5,10,14H,6-9,11-12H2,1-3H3. The number of hydrogen-bond acceptors (Lipinski definition) is 3. The van der Waals surface area contributed by atoms with E-state index in [9.17, 15) is 4.79 Å². The molecule has 1 spiro atoms. The first-order valence-corrected chi connectivity index (χ1v) is 9.47. The van der Waals surface area contributed by atoms with E-state index < -0.39 is 5.79 Å². The van der Waals surface area contributed by atoms with E-state index in [1.807, 2.05) is 7.05 Å². The number of rotatable bonds is 2. The second-order valence-corrected chi connectivity index (χ2v) is 8.77. The van der Waals surface area contributed by atoms with Gasteiger partial charge in [0.15, 0.2) is 5.79 Å². The van der Waals surface area contributed by atoms with Crippen molar-refractivity contribution in [3.05, 3.63) is 33.8 Å². The van der Waals surface area contributed by atoms with E-state index in [-0.39, 0.29) is 17.4 Å². The van der Waals surface area contributed by atoms with Crippen LogP contribution in [0.5, 0.6) is 0 Å². The van der Waals surface area contributed by atoms with Crippen molar-refractivity contribution in [2.75, 3.05) is 20.3 Å². The van der Waals surface area contributed by atoms with Crippen LogP contribution in [0.3, 0.4) is 0 Å². The van der Waals surface area contributed by atoms with Crippen LogP contribution in [0.15, 0.2) is 18.2 Å². The lowest BCUT2D eigenvalue weighted by atomic mass is 9.86. The predicted octanol–water partition coefficient (Wildman–Crippen LogP) is 4.78. The summed E-state index contributed by atoms with van der Waals surface area (Å²) < 4.78 is 12.1. The zero-order valence-electron chi connectivity index (χ0n) is 15.0. The van der Waals surface area contributed by atoms with E-state index in [0.717, 1.165) is 25.7 Å². The Hall–Kier alpha value is -0.810. The Bertz CT molecular complexity index is 642. The van der Waals surface area contributed by atoms with E-state index in [0.29, 0.717) is 28.8 Å². The van der Waals surface area contributed by atoms with E-state index in [2.05, 4.69) is 13.8 Å². The Kier molecular flexibility index (Phi) is 5.36. The predicted molar refractivity (Wildman–Crippen MR) is 99.2 cm³/mol. The molecule has 1 aromatic carbocycles. The molecule has 25 heavy (non-hydrogen) atoms. The zero-order valence-corrected chi connectivity index (χ0v) is 16.5. The van der Waals surface area contributed by atoms with Crippen LogP contribution >= 0.6 is 23.2 Å². The van der Waals surface area contributed by atoms with Gasteiger partial charge in [-0.1, -0.05) is 37.0 Å². The minimum absolute atomic E-state index is 0.0696. The summed E-state index contributed by atoms with van der Waals surface area (Å²) in [7, 11) is 1.83. The molecule has 0 bridgehead atoms. The molecule has 2 fully saturated rings. The molecule has 4 nitrogen and oxygen atoms in total. The van der Waals surface area contributed by atoms with Crippen LogP contribution in [0.2, 0.25) is 10.0 Å². The van der Waals surface area contributed by atoms with E-state index >= 15 is 0 Å². The Morgan fingerprint density at radius 3 is 2.32 bits per heavy atom. The number of hydrogen-bond donors (Lipinski definition) is 0. The van der Waals surface area contributed by atoms with Gasteiger partial charge in [0.05, 0.1) is 23.8 Å². The van der Waals surface area contributed by atoms with Crippen molar-refractivity contribution < 1.29 is 14.3 Å². The third-order valence-corrected chi connectivity index (χ3v) is 5.75. The Balaban J connectivity index is 1.62. The maximum absolute atomic E-state index is 12.8. The molecule has 0 aromatic heterocycles. The van der Waals surface area contributed by atoms with Gasteiger partial charge in [-0.3, -0.25) is 4.79 Å². The lowest BCUT2D eigenvalue weighted by Crippen LogP contribution is -2.52. The van der Waals surface area contributed by atoms with Gasteiger partial charge in [-0.25, -0.2) is 0 Å². The Morgan fingerprint density at radius 1 is 1.16 bits per heavy atom. The number of amides is 1. The first kappa shape index (κ1) is 19.0. The van der Waals surface area contributed by atoms with Crippen LogP contribution in [0, 0.1) is 5.41 Å². The molecule has 1 aromatic rings. The number of ether oxygens (including phenoxy) is 2. The fourth-order valence-corrected chi connectivity index (χ4v) is 3.96. The molecule has 1 aliphatic carbocycles. The van der Waals surface area contributed by atoms with Crippen LogP contribution < -0.4 is 0 Å². The van der Waals surface area contributed by atoms with Crippen LogP contribution in [0.4, 0.5) is 0 Å². The summed E-state index contributed by atoms with van der Waals surface area (Å²) in [6, 6.07) is 5.14. The van der Waals surface area contributed by atoms with Crippen molar-refractivity contribution in [3.63, 3.8) is 0 Å². The molecule has 1 saturated heterocycles. The van der Waals surface area contributed by atoms with Gasteiger partial charge in [-0.05, 0) is 31.0 Å². The van der Waals surface area contributed by atoms with Crippen molar-refractivity contribution in [3.8, 4) is 0 Å². The molecule has 1 saturated carbocycles. The van der Waals surface area contributed by atoms with Gasteiger partial charge >= 0.3 is 0 Å². The molecule has 1 amide bonds. The number of halogens is 2. The Morgan fingerprint density at radius 2 is 1.76 bits per heavy atom. The lowest BCUT2D eigenvalue weighted by molar-refractivity contribution is -0.312. The molecular formula is C19H25Cl2NO3. The number of carbonyl (C=O) groups is 1. The maximum atomic E-state index is 12.8. The first-order chi connectivity index (χ1) is 11.7. The van der Waals surface area contributed by atoms with Gasteiger partial charge in [0.1, 0.15) is 0 Å². The summed E-state index contributed by atoms with van der Waals surface area (Å²) in [5, 5.41) is 0.913. The lowest BCUT2D eigenvalue weighted by Gasteiger charge is -2.47. The summed E-state index contributed by atoms with van der Waals surface area (Å²) in [4.78, 5) is 14.6. The summed E-state index contributed by atoms with van der Waals surface area (Å²) in [5.41, 5.74) is 0.556. The second kappa shape index (κ2) is 7.07. The van der Waals surface area contributed by atoms with Crippen LogP contribution in [0.1, 0.15) is 49.9 Å². The minimum atomic E-state index is -0.464. The van der Waals surface area contributed by atoms with Crippen LogP contribution in [-0.2, 0) is 9.47 Å². The largest absolute Gasteiger partial charge is 0.349 e. The van der Waals surface area contributed by atoms with E-state index in [1.165, 1.54) is 0 Å². The Labute approximate surface area is 159 Å². The zero-order chi connectivity index (χ0) is 18.2. The average molecular weight is 386 g/mol. The number of nitrogens with zero attached hydrogens (tertiary/aromatic N) is 1. The molecule has 2 aliphatic rings. The van der Waals surface area contributed by atoms with E-state index in [1.54, 1.807) is 23.1 Å². The molecule has 6 heteroatoms. The molecule has 3 rings (SSSR count). The van der Waals surface area contributed by atoms with Crippen molar-refractivity contribution >= 4 is 29.1 Å². The first-order valence-electron chi connectivity index (χ1n) is 8.72. The highest BCUT2D eigenvalue weighted by Crippen LogP contribution is 2.40. The van der Waals surface area contributed by atoms with Gasteiger partial charge in [0.25, 0.3) is 5.91 Å². The molecule has 0 N–H and O–H groups in total. The van der Waals surface area contributed by atoms with Crippen molar-refractivity contribution in [2.45, 2.75) is 51.4 Å². The summed E-state index contributed by atoms with van der Waals surface area (Å²) >= 11 is 12.1. The normalized spacial score (nSPS) is 22.8. The third kappa shape index (κ3) is 4.13. The van der Waals surface area contributed by atoms with Gasteiger partial charge < -0.3 is 14.4 Å². The number of carbonyl (C=O) groups excluding carboxylic acids is 1. The molecule has 0 radical (unpaired) electrons. The smallest absolute Gasteiger partial charge is 0.255 e. The molecule has 1 heterocycles. The highest BCUT2D eigenvalue weighted by atomic mass is 35.5. The molecular weight excluding hydrogens is 361 g/mol. The van der Waals surface area contributed by atoms with Crippen molar-refractivity contribution in [1.82, 2.24) is 4.90 Å². The number of benzene rings is 1. The quantitative estimate of drug-likeness (QED) is 0.735. The van der Waals surface area contributed by atoms with Gasteiger partial charge in [0, 0.05) is 36.4 Å². The average Bonchev–Trinajstić information content (AvgIpc) is 2.57. The second-order valence-electron chi connectivity index (χ2n) is 7.92. The SMILES string of the molecule is CN(C(=O)c1ccc(Cl)cc1Cl)C1CCC2(CC1)OCC(C)(C)CO2. The molecule has 0 unspecified atom stereocenters. The minimum Gasteiger partial charge on any atom is -0.349 e. The van der Waals surface area contributed by atoms with Gasteiger partial charge in [0.2, 0.25) is 0 Å². The van der Waals surface area contributed by atoms with Gasteiger partial charge in [-0.15, -0.1) is 0 Å². The molecule has 138 valence electrons. The topological polar surface area (TPSA) is 38.8 Å². The fraction of sp³-hybridized carbons (Fsp3) is 0.632. The van der Waals surface area contributed by atoms with Crippen LogP contribution in [-0.4, -0.2) is 42.9 Å². The molecule has 1 aliphatic heterocycles. The summed E-state index contributed by atoms with van der Waals surface area (Å²) in [6.45, 7) is 5.72. The highest BCUT2D eigenvalue weighted by molar-refractivity contribution is 6.36. The highest BCUT2D eigenvalue weighted by Gasteiger charge is 2.44. The van der Waals surface area contributed by atoms with Crippen molar-refractivity contribution in [1.29, 1.82) is 0 Å². The van der Waals surface area contributed by atoms with Gasteiger partial charge in [-0.2, -0.15) is 0 Å². The van der Waals surface area contributed by atoms with E-state index in [4.69, 9.17) is 32.7 Å². The van der Waals surface area contributed by atoms with Crippen LogP contribution in [0.25, 0.3) is 0 Å². The van der Waals surface area contributed by atoms with Crippen molar-refractivity contribution in [2.24, 2.45) is 5.41 Å². The fourth-order valence-electron chi connectivity index (χ4n) is 3.47. The summed E-state index contributed by atoms with van der Waals surface area (Å²) in [6.07, 6.45) is 3.32.